The van der Waals surface area contributed by atoms with E-state index in [4.69, 9.17) is 0 Å². The molecule has 0 aliphatic carbocycles. The highest BCUT2D eigenvalue weighted by Crippen LogP contribution is 2.21. The Morgan fingerprint density at radius 3 is 2.81 bits per heavy atom. The Bertz CT molecular complexity index is 521. The maximum Gasteiger partial charge on any atom is 0.119 e. The van der Waals surface area contributed by atoms with Gasteiger partial charge in [0.25, 0.3) is 0 Å². The third-order valence-electron chi connectivity index (χ3n) is 1.97. The first-order valence-corrected chi connectivity index (χ1v) is 5.93. The molecule has 0 bridgehead atoms. The van der Waals surface area contributed by atoms with Crippen molar-refractivity contribution in [1.82, 2.24) is 4.98 Å². The lowest BCUT2D eigenvalue weighted by atomic mass is 10.1. The molecule has 0 aliphatic heterocycles. The molecule has 0 radical (unpaired) electrons. The topological polar surface area (TPSA) is 33.1 Å². The highest BCUT2D eigenvalue weighted by Gasteiger charge is 2.06. The predicted molar refractivity (Wildman–Crippen MR) is 67.4 cm³/mol. The summed E-state index contributed by atoms with van der Waals surface area (Å²) in [7, 11) is 0. The molecule has 0 saturated heterocycles. The minimum atomic E-state index is -0.920. The van der Waals surface area contributed by atoms with Crippen LogP contribution in [-0.2, 0) is 6.42 Å². The molecule has 0 saturated carbocycles. The van der Waals surface area contributed by atoms with Gasteiger partial charge in [0.05, 0.1) is 16.6 Å². The molecular weight excluding hydrogens is 218 g/mol. The summed E-state index contributed by atoms with van der Waals surface area (Å²) in [5.74, 6) is 5.74. The van der Waals surface area contributed by atoms with E-state index >= 15 is 0 Å². The largest absolute Gasteiger partial charge is 0.378 e. The predicted octanol–water partition coefficient (Wildman–Crippen LogP) is 2.61. The first-order valence-electron chi connectivity index (χ1n) is 5.11. The number of para-hydroxylation sites is 1. The summed E-state index contributed by atoms with van der Waals surface area (Å²) in [5, 5.41) is 10.4. The number of rotatable bonds is 1. The molecule has 1 aromatic heterocycles. The van der Waals surface area contributed by atoms with Crippen molar-refractivity contribution < 1.29 is 5.11 Å². The van der Waals surface area contributed by atoms with Crippen LogP contribution in [0.3, 0.4) is 0 Å². The average molecular weight is 231 g/mol. The number of fused-ring (bicyclic) bond motifs is 1. The van der Waals surface area contributed by atoms with Gasteiger partial charge in [-0.15, -0.1) is 11.3 Å². The van der Waals surface area contributed by atoms with Gasteiger partial charge in [0.15, 0.2) is 0 Å². The summed E-state index contributed by atoms with van der Waals surface area (Å²) in [6, 6.07) is 8.04. The van der Waals surface area contributed by atoms with Crippen LogP contribution >= 0.6 is 11.3 Å². The first-order chi connectivity index (χ1) is 7.54. The Balaban J connectivity index is 2.18. The smallest absolute Gasteiger partial charge is 0.119 e. The molecule has 0 atom stereocenters. The van der Waals surface area contributed by atoms with Crippen molar-refractivity contribution in [2.75, 3.05) is 0 Å². The molecule has 1 aromatic carbocycles. The molecule has 2 aromatic rings. The van der Waals surface area contributed by atoms with Gasteiger partial charge in [-0.05, 0) is 26.0 Å². The van der Waals surface area contributed by atoms with Crippen molar-refractivity contribution in [1.29, 1.82) is 0 Å². The van der Waals surface area contributed by atoms with Gasteiger partial charge in [0.2, 0.25) is 0 Å². The van der Waals surface area contributed by atoms with Gasteiger partial charge in [-0.1, -0.05) is 24.0 Å². The van der Waals surface area contributed by atoms with Gasteiger partial charge in [0, 0.05) is 0 Å². The lowest BCUT2D eigenvalue weighted by molar-refractivity contribution is 0.143. The molecule has 2 nitrogen and oxygen atoms in total. The van der Waals surface area contributed by atoms with Crippen LogP contribution in [-0.4, -0.2) is 15.7 Å². The Morgan fingerprint density at radius 1 is 1.38 bits per heavy atom. The van der Waals surface area contributed by atoms with Crippen molar-refractivity contribution in [2.24, 2.45) is 0 Å². The zero-order valence-electron chi connectivity index (χ0n) is 9.32. The third kappa shape index (κ3) is 2.82. The number of aromatic nitrogens is 1. The van der Waals surface area contributed by atoms with Crippen LogP contribution in [0, 0.1) is 11.8 Å². The van der Waals surface area contributed by atoms with Gasteiger partial charge in [-0.2, -0.15) is 0 Å². The van der Waals surface area contributed by atoms with E-state index in [2.05, 4.69) is 22.9 Å². The standard InChI is InChI=1S/C13H13NOS/c1-13(2,15)9-5-8-12-14-10-6-3-4-7-11(10)16-12/h3-4,6-7,15H,8H2,1-2H3. The SMILES string of the molecule is CC(C)(O)C#CCc1nc2ccccc2s1. The van der Waals surface area contributed by atoms with Crippen LogP contribution in [0.2, 0.25) is 0 Å². The summed E-state index contributed by atoms with van der Waals surface area (Å²) >= 11 is 1.65. The van der Waals surface area contributed by atoms with E-state index in [1.165, 1.54) is 4.70 Å². The van der Waals surface area contributed by atoms with Crippen LogP contribution in [0.15, 0.2) is 24.3 Å². The summed E-state index contributed by atoms with van der Waals surface area (Å²) in [6.45, 7) is 3.36. The molecule has 0 unspecified atom stereocenters. The van der Waals surface area contributed by atoms with Gasteiger partial charge in [-0.25, -0.2) is 4.98 Å². The minimum absolute atomic E-state index is 0.601. The highest BCUT2D eigenvalue weighted by atomic mass is 32.1. The molecule has 1 heterocycles. The Morgan fingerprint density at radius 2 is 2.12 bits per heavy atom. The fourth-order valence-corrected chi connectivity index (χ4v) is 2.24. The summed E-state index contributed by atoms with van der Waals surface area (Å²) in [5.41, 5.74) is 0.101. The molecule has 0 amide bonds. The molecule has 1 N–H and O–H groups in total. The number of thiazole rings is 1. The van der Waals surface area contributed by atoms with Crippen molar-refractivity contribution >= 4 is 21.6 Å². The van der Waals surface area contributed by atoms with E-state index in [0.717, 1.165) is 10.5 Å². The van der Waals surface area contributed by atoms with Crippen molar-refractivity contribution in [2.45, 2.75) is 25.9 Å². The van der Waals surface area contributed by atoms with Crippen LogP contribution in [0.5, 0.6) is 0 Å². The van der Waals surface area contributed by atoms with Gasteiger partial charge in [0.1, 0.15) is 10.6 Å². The van der Waals surface area contributed by atoms with Crippen LogP contribution in [0.25, 0.3) is 10.2 Å². The van der Waals surface area contributed by atoms with Crippen molar-refractivity contribution in [3.8, 4) is 11.8 Å². The van der Waals surface area contributed by atoms with E-state index < -0.39 is 5.60 Å². The van der Waals surface area contributed by atoms with E-state index in [9.17, 15) is 5.11 Å². The fraction of sp³-hybridized carbons (Fsp3) is 0.308. The second-order valence-electron chi connectivity index (χ2n) is 4.11. The molecule has 16 heavy (non-hydrogen) atoms. The zero-order chi connectivity index (χ0) is 11.6. The molecule has 82 valence electrons. The Labute approximate surface area is 99.0 Å². The molecule has 0 aliphatic rings. The quantitative estimate of drug-likeness (QED) is 0.765. The number of hydrogen-bond donors (Lipinski definition) is 1. The lowest BCUT2D eigenvalue weighted by Gasteiger charge is -2.05. The highest BCUT2D eigenvalue weighted by molar-refractivity contribution is 7.18. The number of benzene rings is 1. The zero-order valence-corrected chi connectivity index (χ0v) is 10.1. The summed E-state index contributed by atoms with van der Waals surface area (Å²) in [4.78, 5) is 4.47. The van der Waals surface area contributed by atoms with Crippen LogP contribution in [0.1, 0.15) is 18.9 Å². The van der Waals surface area contributed by atoms with Gasteiger partial charge < -0.3 is 5.11 Å². The monoisotopic (exact) mass is 231 g/mol. The van der Waals surface area contributed by atoms with Gasteiger partial charge >= 0.3 is 0 Å². The second kappa shape index (κ2) is 4.25. The van der Waals surface area contributed by atoms with E-state index in [1.807, 2.05) is 18.2 Å². The van der Waals surface area contributed by atoms with Crippen LogP contribution in [0.4, 0.5) is 0 Å². The third-order valence-corrected chi connectivity index (χ3v) is 3.01. The van der Waals surface area contributed by atoms with Crippen molar-refractivity contribution in [3.05, 3.63) is 29.3 Å². The molecule has 2 rings (SSSR count). The molecule has 0 spiro atoms. The van der Waals surface area contributed by atoms with E-state index in [1.54, 1.807) is 25.2 Å². The fourth-order valence-electron chi connectivity index (χ4n) is 1.33. The minimum Gasteiger partial charge on any atom is -0.378 e. The maximum absolute atomic E-state index is 9.44. The normalized spacial score (nSPS) is 11.2. The molecular formula is C13H13NOS. The number of nitrogens with zero attached hydrogens (tertiary/aromatic N) is 1. The maximum atomic E-state index is 9.44. The van der Waals surface area contributed by atoms with Crippen molar-refractivity contribution in [3.63, 3.8) is 0 Å². The second-order valence-corrected chi connectivity index (χ2v) is 5.23. The van der Waals surface area contributed by atoms with E-state index in [-0.39, 0.29) is 0 Å². The Hall–Kier alpha value is -1.37. The Kier molecular flexibility index (Phi) is 2.95. The average Bonchev–Trinajstić information content (AvgIpc) is 2.57. The van der Waals surface area contributed by atoms with Gasteiger partial charge in [-0.3, -0.25) is 0 Å². The summed E-state index contributed by atoms with van der Waals surface area (Å²) < 4.78 is 1.18. The number of aliphatic hydroxyl groups is 1. The lowest BCUT2D eigenvalue weighted by Crippen LogP contribution is -2.14. The number of hydrogen-bond acceptors (Lipinski definition) is 3. The van der Waals surface area contributed by atoms with Crippen LogP contribution < -0.4 is 0 Å². The molecule has 0 fully saturated rings. The summed E-state index contributed by atoms with van der Waals surface area (Å²) in [6.07, 6.45) is 0.601. The first kappa shape index (κ1) is 11.1. The molecule has 3 heteroatoms. The van der Waals surface area contributed by atoms with E-state index in [0.29, 0.717) is 6.42 Å².